The highest BCUT2D eigenvalue weighted by atomic mass is 35.5. The minimum absolute atomic E-state index is 0. The van der Waals surface area contributed by atoms with Crippen molar-refractivity contribution in [2.45, 2.75) is 18.8 Å². The number of rotatable bonds is 1. The lowest BCUT2D eigenvalue weighted by molar-refractivity contribution is 0.452. The van der Waals surface area contributed by atoms with Crippen LogP contribution in [0.5, 0.6) is 0 Å². The largest absolute Gasteiger partial charge is 0.317 e. The molecule has 1 aliphatic heterocycles. The van der Waals surface area contributed by atoms with Crippen molar-refractivity contribution < 1.29 is 0 Å². The van der Waals surface area contributed by atoms with E-state index in [2.05, 4.69) is 15.3 Å². The molecule has 2 rings (SSSR count). The molecule has 0 bridgehead atoms. The Kier molecular flexibility index (Phi) is 4.58. The molecule has 0 radical (unpaired) electrons. The number of piperidine rings is 1. The van der Waals surface area contributed by atoms with Crippen LogP contribution >= 0.6 is 24.0 Å². The molecule has 0 aromatic carbocycles. The molecule has 14 heavy (non-hydrogen) atoms. The van der Waals surface area contributed by atoms with Gasteiger partial charge in [-0.05, 0) is 25.9 Å². The molecule has 5 heteroatoms. The van der Waals surface area contributed by atoms with Crippen LogP contribution in [0.2, 0.25) is 5.15 Å². The van der Waals surface area contributed by atoms with E-state index < -0.39 is 0 Å². The number of aromatic nitrogens is 2. The number of nitrogens with one attached hydrogen (secondary N) is 1. The van der Waals surface area contributed by atoms with E-state index >= 15 is 0 Å². The number of hydrogen-bond donors (Lipinski definition) is 1. The van der Waals surface area contributed by atoms with Crippen LogP contribution < -0.4 is 5.32 Å². The molecule has 1 aromatic heterocycles. The highest BCUT2D eigenvalue weighted by Gasteiger charge is 2.16. The number of nitrogens with zero attached hydrogens (tertiary/aromatic N) is 2. The van der Waals surface area contributed by atoms with E-state index in [1.807, 2.05) is 6.20 Å². The summed E-state index contributed by atoms with van der Waals surface area (Å²) in [5.41, 5.74) is 1.04. The monoisotopic (exact) mass is 233 g/mol. The molecule has 1 saturated heterocycles. The van der Waals surface area contributed by atoms with E-state index in [-0.39, 0.29) is 12.4 Å². The molecular weight excluding hydrogens is 221 g/mol. The highest BCUT2D eigenvalue weighted by Crippen LogP contribution is 2.23. The van der Waals surface area contributed by atoms with Gasteiger partial charge in [0.1, 0.15) is 5.15 Å². The average Bonchev–Trinajstić information content (AvgIpc) is 2.19. The van der Waals surface area contributed by atoms with E-state index in [0.29, 0.717) is 11.1 Å². The first-order valence-corrected chi connectivity index (χ1v) is 4.92. The maximum Gasteiger partial charge on any atom is 0.147 e. The fourth-order valence-corrected chi connectivity index (χ4v) is 1.82. The molecule has 0 aliphatic carbocycles. The molecule has 0 amide bonds. The quantitative estimate of drug-likeness (QED) is 0.807. The van der Waals surface area contributed by atoms with Crippen molar-refractivity contribution in [1.29, 1.82) is 0 Å². The molecule has 1 N–H and O–H groups in total. The smallest absolute Gasteiger partial charge is 0.147 e. The van der Waals surface area contributed by atoms with Crippen LogP contribution in [0.3, 0.4) is 0 Å². The van der Waals surface area contributed by atoms with Crippen molar-refractivity contribution in [3.8, 4) is 0 Å². The summed E-state index contributed by atoms with van der Waals surface area (Å²) >= 11 is 5.77. The van der Waals surface area contributed by atoms with Gasteiger partial charge < -0.3 is 5.32 Å². The van der Waals surface area contributed by atoms with Gasteiger partial charge in [-0.15, -0.1) is 12.4 Å². The van der Waals surface area contributed by atoms with Gasteiger partial charge in [-0.1, -0.05) is 11.6 Å². The van der Waals surface area contributed by atoms with Crippen molar-refractivity contribution in [2.24, 2.45) is 0 Å². The molecule has 2 heterocycles. The lowest BCUT2D eigenvalue weighted by Gasteiger charge is -2.21. The Balaban J connectivity index is 0.000000980. The Labute approximate surface area is 94.7 Å². The zero-order valence-corrected chi connectivity index (χ0v) is 9.31. The van der Waals surface area contributed by atoms with Gasteiger partial charge in [-0.2, -0.15) is 0 Å². The summed E-state index contributed by atoms with van der Waals surface area (Å²) in [6, 6.07) is 0. The van der Waals surface area contributed by atoms with E-state index in [1.54, 1.807) is 6.20 Å². The van der Waals surface area contributed by atoms with Crippen molar-refractivity contribution >= 4 is 24.0 Å². The second kappa shape index (κ2) is 5.49. The molecule has 1 aromatic rings. The second-order valence-corrected chi connectivity index (χ2v) is 3.68. The maximum absolute atomic E-state index is 5.77. The molecule has 0 spiro atoms. The summed E-state index contributed by atoms with van der Waals surface area (Å²) in [5.74, 6) is 0.535. The van der Waals surface area contributed by atoms with Gasteiger partial charge >= 0.3 is 0 Å². The molecule has 78 valence electrons. The summed E-state index contributed by atoms with van der Waals surface area (Å²) in [7, 11) is 0. The second-order valence-electron chi connectivity index (χ2n) is 3.29. The fourth-order valence-electron chi connectivity index (χ4n) is 1.67. The summed E-state index contributed by atoms with van der Waals surface area (Å²) in [5, 5.41) is 3.81. The first-order valence-electron chi connectivity index (χ1n) is 4.54. The van der Waals surface area contributed by atoms with Crippen LogP contribution in [0, 0.1) is 0 Å². The van der Waals surface area contributed by atoms with Crippen LogP contribution in [-0.2, 0) is 0 Å². The first kappa shape index (κ1) is 11.7. The Morgan fingerprint density at radius 3 is 2.64 bits per heavy atom. The molecule has 0 atom stereocenters. The van der Waals surface area contributed by atoms with Crippen molar-refractivity contribution in [3.63, 3.8) is 0 Å². The third-order valence-electron chi connectivity index (χ3n) is 2.38. The summed E-state index contributed by atoms with van der Waals surface area (Å²) in [6.07, 6.45) is 5.66. The van der Waals surface area contributed by atoms with Gasteiger partial charge in [0.05, 0.1) is 11.9 Å². The van der Waals surface area contributed by atoms with Gasteiger partial charge in [-0.3, -0.25) is 4.98 Å². The van der Waals surface area contributed by atoms with E-state index in [0.717, 1.165) is 31.6 Å². The topological polar surface area (TPSA) is 37.8 Å². The van der Waals surface area contributed by atoms with Crippen LogP contribution in [0.4, 0.5) is 0 Å². The average molecular weight is 234 g/mol. The minimum atomic E-state index is 0. The lowest BCUT2D eigenvalue weighted by Crippen LogP contribution is -2.27. The van der Waals surface area contributed by atoms with E-state index in [4.69, 9.17) is 11.6 Å². The van der Waals surface area contributed by atoms with Crippen molar-refractivity contribution in [1.82, 2.24) is 15.3 Å². The summed E-state index contributed by atoms with van der Waals surface area (Å²) in [6.45, 7) is 2.14. The zero-order valence-electron chi connectivity index (χ0n) is 7.74. The Morgan fingerprint density at radius 1 is 1.29 bits per heavy atom. The van der Waals surface area contributed by atoms with Gasteiger partial charge in [-0.25, -0.2) is 4.98 Å². The summed E-state index contributed by atoms with van der Waals surface area (Å²) in [4.78, 5) is 8.32. The maximum atomic E-state index is 5.77. The van der Waals surface area contributed by atoms with Gasteiger partial charge in [0, 0.05) is 12.1 Å². The molecular formula is C9H13Cl2N3. The number of halogens is 2. The Hall–Kier alpha value is -0.380. The highest BCUT2D eigenvalue weighted by molar-refractivity contribution is 6.29. The standard InChI is InChI=1S/C9H12ClN3.ClH/c10-9-6-12-5-8(13-9)7-1-3-11-4-2-7;/h5-7,11H,1-4H2;1H. The minimum Gasteiger partial charge on any atom is -0.317 e. The molecule has 1 aliphatic rings. The predicted molar refractivity (Wildman–Crippen MR) is 59.1 cm³/mol. The molecule has 3 nitrogen and oxygen atoms in total. The first-order chi connectivity index (χ1) is 6.36. The third kappa shape index (κ3) is 2.80. The normalized spacial score (nSPS) is 17.5. The van der Waals surface area contributed by atoms with Crippen LogP contribution in [-0.4, -0.2) is 23.1 Å². The Morgan fingerprint density at radius 2 is 2.00 bits per heavy atom. The Bertz CT molecular complexity index is 287. The number of hydrogen-bond acceptors (Lipinski definition) is 3. The molecule has 0 unspecified atom stereocenters. The van der Waals surface area contributed by atoms with Gasteiger partial charge in [0.2, 0.25) is 0 Å². The molecule has 0 saturated carbocycles. The zero-order chi connectivity index (χ0) is 9.10. The van der Waals surface area contributed by atoms with Crippen LogP contribution in [0.25, 0.3) is 0 Å². The van der Waals surface area contributed by atoms with Gasteiger partial charge in [0.15, 0.2) is 0 Å². The van der Waals surface area contributed by atoms with Crippen molar-refractivity contribution in [3.05, 3.63) is 23.2 Å². The SMILES string of the molecule is Cl.Clc1cncc(C2CCNCC2)n1. The van der Waals surface area contributed by atoms with E-state index in [9.17, 15) is 0 Å². The lowest BCUT2D eigenvalue weighted by atomic mass is 9.95. The van der Waals surface area contributed by atoms with Crippen LogP contribution in [0.15, 0.2) is 12.4 Å². The fraction of sp³-hybridized carbons (Fsp3) is 0.556. The van der Waals surface area contributed by atoms with Crippen molar-refractivity contribution in [2.75, 3.05) is 13.1 Å². The third-order valence-corrected chi connectivity index (χ3v) is 2.56. The summed E-state index contributed by atoms with van der Waals surface area (Å²) < 4.78 is 0. The van der Waals surface area contributed by atoms with Crippen LogP contribution in [0.1, 0.15) is 24.5 Å². The van der Waals surface area contributed by atoms with E-state index in [1.165, 1.54) is 0 Å². The predicted octanol–water partition coefficient (Wildman–Crippen LogP) is 2.02. The van der Waals surface area contributed by atoms with Gasteiger partial charge in [0.25, 0.3) is 0 Å². The molecule has 1 fully saturated rings.